The van der Waals surface area contributed by atoms with Crippen LogP contribution in [0.15, 0.2) is 35.1 Å². The minimum Gasteiger partial charge on any atom is -0.388 e. The molecule has 3 nitrogen and oxygen atoms in total. The van der Waals surface area contributed by atoms with Crippen LogP contribution >= 0.6 is 28.1 Å². The number of fused-ring (bicyclic) bond motifs is 1. The zero-order valence-electron chi connectivity index (χ0n) is 12.0. The van der Waals surface area contributed by atoms with E-state index in [0.29, 0.717) is 15.6 Å². The normalized spacial score (nSPS) is 12.5. The number of halogens is 3. The first kappa shape index (κ1) is 16.0. The highest BCUT2D eigenvalue weighted by atomic mass is 79.9. The molecule has 0 fully saturated rings. The van der Waals surface area contributed by atoms with Gasteiger partial charge in [-0.15, -0.1) is 0 Å². The molecule has 0 aliphatic carbocycles. The standard InChI is InChI=1S/C16H12BrF2N3S/c1-7(8-2-4-21-10(6-8)16(20)23)11-12(17)9-3-5-22-15(9)14(19)13(11)18/h2-7,22H,1H3,(H2,20,23). The number of rotatable bonds is 3. The molecule has 1 atom stereocenters. The smallest absolute Gasteiger partial charge is 0.183 e. The van der Waals surface area contributed by atoms with Gasteiger partial charge < -0.3 is 10.7 Å². The zero-order chi connectivity index (χ0) is 16.7. The van der Waals surface area contributed by atoms with Gasteiger partial charge in [0.2, 0.25) is 0 Å². The minimum atomic E-state index is -0.890. The predicted molar refractivity (Wildman–Crippen MR) is 93.6 cm³/mol. The van der Waals surface area contributed by atoms with Crippen molar-refractivity contribution in [2.24, 2.45) is 5.73 Å². The summed E-state index contributed by atoms with van der Waals surface area (Å²) in [5, 5.41) is 0.592. The topological polar surface area (TPSA) is 54.7 Å². The molecule has 0 spiro atoms. The Morgan fingerprint density at radius 2 is 2.09 bits per heavy atom. The number of H-pyrrole nitrogens is 1. The Labute approximate surface area is 145 Å². The van der Waals surface area contributed by atoms with Gasteiger partial charge in [0, 0.05) is 33.7 Å². The summed E-state index contributed by atoms with van der Waals surface area (Å²) in [7, 11) is 0. The van der Waals surface area contributed by atoms with E-state index < -0.39 is 17.6 Å². The lowest BCUT2D eigenvalue weighted by molar-refractivity contribution is 0.501. The molecule has 1 unspecified atom stereocenters. The fraction of sp³-hybridized carbons (Fsp3) is 0.125. The van der Waals surface area contributed by atoms with E-state index >= 15 is 0 Å². The second-order valence-corrected chi connectivity index (χ2v) is 6.42. The zero-order valence-corrected chi connectivity index (χ0v) is 14.4. The summed E-state index contributed by atoms with van der Waals surface area (Å²) in [6, 6.07) is 5.13. The third kappa shape index (κ3) is 2.64. The van der Waals surface area contributed by atoms with E-state index in [-0.39, 0.29) is 16.1 Å². The Morgan fingerprint density at radius 3 is 2.78 bits per heavy atom. The molecular formula is C16H12BrF2N3S. The van der Waals surface area contributed by atoms with Crippen molar-refractivity contribution < 1.29 is 8.78 Å². The number of nitrogens with two attached hydrogens (primary N) is 1. The van der Waals surface area contributed by atoms with Crippen molar-refractivity contribution >= 4 is 44.0 Å². The Hall–Kier alpha value is -1.86. The van der Waals surface area contributed by atoms with Crippen LogP contribution in [-0.2, 0) is 0 Å². The molecule has 0 saturated carbocycles. The molecule has 2 aromatic heterocycles. The number of nitrogens with one attached hydrogen (secondary N) is 1. The van der Waals surface area contributed by atoms with E-state index in [1.807, 2.05) is 0 Å². The van der Waals surface area contributed by atoms with Crippen LogP contribution in [0.2, 0.25) is 0 Å². The van der Waals surface area contributed by atoms with E-state index in [1.54, 1.807) is 37.5 Å². The maximum atomic E-state index is 14.6. The lowest BCUT2D eigenvalue weighted by atomic mass is 9.92. The summed E-state index contributed by atoms with van der Waals surface area (Å²) in [4.78, 5) is 6.94. The molecule has 1 aromatic carbocycles. The van der Waals surface area contributed by atoms with Crippen LogP contribution in [-0.4, -0.2) is 15.0 Å². The molecular weight excluding hydrogens is 384 g/mol. The molecule has 0 amide bonds. The molecule has 0 aliphatic rings. The van der Waals surface area contributed by atoms with E-state index in [9.17, 15) is 8.78 Å². The molecule has 0 saturated heterocycles. The number of pyridine rings is 1. The number of thiocarbonyl (C=S) groups is 1. The molecule has 23 heavy (non-hydrogen) atoms. The van der Waals surface area contributed by atoms with Gasteiger partial charge in [-0.05, 0) is 39.7 Å². The average molecular weight is 396 g/mol. The van der Waals surface area contributed by atoms with E-state index in [4.69, 9.17) is 18.0 Å². The van der Waals surface area contributed by atoms with Crippen molar-refractivity contribution in [2.45, 2.75) is 12.8 Å². The summed E-state index contributed by atoms with van der Waals surface area (Å²) in [5.41, 5.74) is 7.17. The van der Waals surface area contributed by atoms with Crippen molar-refractivity contribution in [2.75, 3.05) is 0 Å². The van der Waals surface area contributed by atoms with Gasteiger partial charge in [-0.2, -0.15) is 0 Å². The lowest BCUT2D eigenvalue weighted by Gasteiger charge is -2.17. The fourth-order valence-corrected chi connectivity index (χ4v) is 3.56. The highest BCUT2D eigenvalue weighted by Crippen LogP contribution is 2.38. The first-order valence-electron chi connectivity index (χ1n) is 6.81. The number of benzene rings is 1. The maximum absolute atomic E-state index is 14.6. The molecule has 0 radical (unpaired) electrons. The summed E-state index contributed by atoms with van der Waals surface area (Å²) in [6.45, 7) is 1.79. The van der Waals surface area contributed by atoms with Crippen molar-refractivity contribution in [3.05, 3.63) is 63.5 Å². The summed E-state index contributed by atoms with van der Waals surface area (Å²) in [6.07, 6.45) is 3.13. The van der Waals surface area contributed by atoms with Gasteiger partial charge in [0.1, 0.15) is 4.99 Å². The van der Waals surface area contributed by atoms with Crippen molar-refractivity contribution in [3.63, 3.8) is 0 Å². The Bertz CT molecular complexity index is 923. The van der Waals surface area contributed by atoms with Crippen molar-refractivity contribution in [1.82, 2.24) is 9.97 Å². The van der Waals surface area contributed by atoms with E-state index in [2.05, 4.69) is 25.9 Å². The fourth-order valence-electron chi connectivity index (χ4n) is 2.60. The Balaban J connectivity index is 2.20. The van der Waals surface area contributed by atoms with Gasteiger partial charge >= 0.3 is 0 Å². The van der Waals surface area contributed by atoms with Gasteiger partial charge in [0.05, 0.1) is 11.2 Å². The highest BCUT2D eigenvalue weighted by molar-refractivity contribution is 9.10. The second kappa shape index (κ2) is 5.98. The average Bonchev–Trinajstić information content (AvgIpc) is 3.03. The van der Waals surface area contributed by atoms with Crippen LogP contribution in [0.3, 0.4) is 0 Å². The second-order valence-electron chi connectivity index (χ2n) is 5.18. The van der Waals surface area contributed by atoms with Crippen LogP contribution in [0.4, 0.5) is 8.78 Å². The van der Waals surface area contributed by atoms with Gasteiger partial charge in [-0.25, -0.2) is 8.78 Å². The summed E-state index contributed by atoms with van der Waals surface area (Å²) < 4.78 is 29.4. The highest BCUT2D eigenvalue weighted by Gasteiger charge is 2.24. The van der Waals surface area contributed by atoms with Crippen molar-refractivity contribution in [3.8, 4) is 0 Å². The van der Waals surface area contributed by atoms with Crippen LogP contribution in [0.25, 0.3) is 10.9 Å². The number of nitrogens with zero attached hydrogens (tertiary/aromatic N) is 1. The molecule has 0 aliphatic heterocycles. The number of aromatic nitrogens is 2. The third-order valence-electron chi connectivity index (χ3n) is 3.84. The third-order valence-corrected chi connectivity index (χ3v) is 4.90. The van der Waals surface area contributed by atoms with Gasteiger partial charge in [0.25, 0.3) is 0 Å². The van der Waals surface area contributed by atoms with Crippen LogP contribution in [0, 0.1) is 11.6 Å². The molecule has 3 aromatic rings. The maximum Gasteiger partial charge on any atom is 0.183 e. The SMILES string of the molecule is CC(c1ccnc(C(N)=S)c1)c1c(F)c(F)c2[nH]ccc2c1Br. The molecule has 3 N–H and O–H groups in total. The number of aromatic amines is 1. The van der Waals surface area contributed by atoms with E-state index in [0.717, 1.165) is 5.56 Å². The molecule has 3 rings (SSSR count). The Morgan fingerprint density at radius 1 is 1.35 bits per heavy atom. The molecule has 7 heteroatoms. The first-order chi connectivity index (χ1) is 10.9. The van der Waals surface area contributed by atoms with Gasteiger partial charge in [-0.3, -0.25) is 4.98 Å². The minimum absolute atomic E-state index is 0.142. The largest absolute Gasteiger partial charge is 0.388 e. The molecule has 2 heterocycles. The van der Waals surface area contributed by atoms with Gasteiger partial charge in [-0.1, -0.05) is 19.1 Å². The predicted octanol–water partition coefficient (Wildman–Crippen LogP) is 4.39. The van der Waals surface area contributed by atoms with Crippen LogP contribution in [0.5, 0.6) is 0 Å². The van der Waals surface area contributed by atoms with Crippen molar-refractivity contribution in [1.29, 1.82) is 0 Å². The van der Waals surface area contributed by atoms with Gasteiger partial charge in [0.15, 0.2) is 11.6 Å². The molecule has 0 bridgehead atoms. The quantitative estimate of drug-likeness (QED) is 0.510. The van der Waals surface area contributed by atoms with Crippen LogP contribution in [0.1, 0.15) is 29.7 Å². The lowest BCUT2D eigenvalue weighted by Crippen LogP contribution is -2.12. The number of hydrogen-bond acceptors (Lipinski definition) is 2. The number of hydrogen-bond donors (Lipinski definition) is 2. The summed E-state index contributed by atoms with van der Waals surface area (Å²) in [5.74, 6) is -2.18. The van der Waals surface area contributed by atoms with E-state index in [1.165, 1.54) is 0 Å². The first-order valence-corrected chi connectivity index (χ1v) is 8.01. The summed E-state index contributed by atoms with van der Waals surface area (Å²) >= 11 is 8.32. The Kier molecular flexibility index (Phi) is 4.16. The van der Waals surface area contributed by atoms with Crippen LogP contribution < -0.4 is 5.73 Å². The monoisotopic (exact) mass is 395 g/mol. The molecule has 118 valence electrons.